The summed E-state index contributed by atoms with van der Waals surface area (Å²) in [7, 11) is 6.03. The minimum atomic E-state index is 0.149. The number of guanidine groups is 1. The van der Waals surface area contributed by atoms with Crippen LogP contribution in [0.3, 0.4) is 0 Å². The molecule has 5 nitrogen and oxygen atoms in total. The number of ether oxygens (including phenoxy) is 1. The van der Waals surface area contributed by atoms with Gasteiger partial charge in [0.05, 0.1) is 12.6 Å². The summed E-state index contributed by atoms with van der Waals surface area (Å²) in [6.07, 6.45) is 4.88. The van der Waals surface area contributed by atoms with E-state index in [1.807, 2.05) is 7.05 Å². The van der Waals surface area contributed by atoms with Crippen molar-refractivity contribution >= 4 is 21.9 Å². The van der Waals surface area contributed by atoms with Gasteiger partial charge >= 0.3 is 0 Å². The maximum atomic E-state index is 6.01. The van der Waals surface area contributed by atoms with E-state index in [1.165, 1.54) is 18.5 Å². The van der Waals surface area contributed by atoms with Crippen LogP contribution in [0.5, 0.6) is 0 Å². The van der Waals surface area contributed by atoms with Gasteiger partial charge in [-0.3, -0.25) is 4.99 Å². The fourth-order valence-corrected chi connectivity index (χ4v) is 4.91. The second-order valence-corrected chi connectivity index (χ2v) is 8.62. The Morgan fingerprint density at radius 2 is 2.29 bits per heavy atom. The fourth-order valence-electron chi connectivity index (χ4n) is 4.34. The molecule has 134 valence electrons. The zero-order valence-corrected chi connectivity index (χ0v) is 16.9. The highest BCUT2D eigenvalue weighted by Gasteiger charge is 2.58. The van der Waals surface area contributed by atoms with E-state index in [1.54, 1.807) is 0 Å². The lowest BCUT2D eigenvalue weighted by Gasteiger charge is -2.60. The summed E-state index contributed by atoms with van der Waals surface area (Å²) in [6, 6.07) is 2.58. The minimum Gasteiger partial charge on any atom is -0.377 e. The number of nitrogens with one attached hydrogen (secondary N) is 1. The quantitative estimate of drug-likeness (QED) is 0.630. The third-order valence-electron chi connectivity index (χ3n) is 5.66. The number of halogens is 1. The lowest BCUT2D eigenvalue weighted by atomic mass is 9.55. The van der Waals surface area contributed by atoms with Crippen LogP contribution in [-0.2, 0) is 18.3 Å². The molecule has 0 radical (unpaired) electrons. The van der Waals surface area contributed by atoms with E-state index in [-0.39, 0.29) is 5.41 Å². The molecule has 0 amide bonds. The van der Waals surface area contributed by atoms with Crippen LogP contribution in [0.15, 0.2) is 21.7 Å². The van der Waals surface area contributed by atoms with Gasteiger partial charge in [0.2, 0.25) is 0 Å². The number of hydrogen-bond acceptors (Lipinski definition) is 2. The van der Waals surface area contributed by atoms with Crippen LogP contribution in [0.2, 0.25) is 0 Å². The van der Waals surface area contributed by atoms with Gasteiger partial charge in [-0.2, -0.15) is 0 Å². The van der Waals surface area contributed by atoms with Gasteiger partial charge in [0.15, 0.2) is 5.96 Å². The average molecular weight is 397 g/mol. The summed E-state index contributed by atoms with van der Waals surface area (Å²) < 4.78 is 9.27. The predicted octanol–water partition coefficient (Wildman–Crippen LogP) is 3.00. The Balaban J connectivity index is 1.67. The lowest BCUT2D eigenvalue weighted by Crippen LogP contribution is -2.71. The first-order valence-electron chi connectivity index (χ1n) is 8.71. The smallest absolute Gasteiger partial charge is 0.193 e. The molecule has 2 heterocycles. The maximum absolute atomic E-state index is 6.01. The van der Waals surface area contributed by atoms with Gasteiger partial charge < -0.3 is 19.5 Å². The van der Waals surface area contributed by atoms with Gasteiger partial charge in [-0.1, -0.05) is 13.8 Å². The number of aryl methyl sites for hydroxylation is 1. The zero-order chi connectivity index (χ0) is 17.5. The standard InChI is InChI=1S/C18H29BrN4O/c1-18(2)15(14-7-6-8-24-16(14)18)21-17(20-3)23(5)11-13-9-12(19)10-22(13)4/h9-10,14-16H,6-8,11H2,1-5H3,(H,20,21). The number of fused-ring (bicyclic) bond motifs is 1. The number of nitrogens with zero attached hydrogens (tertiary/aromatic N) is 3. The van der Waals surface area contributed by atoms with Crippen molar-refractivity contribution in [2.75, 3.05) is 20.7 Å². The van der Waals surface area contributed by atoms with E-state index in [9.17, 15) is 0 Å². The summed E-state index contributed by atoms with van der Waals surface area (Å²) in [5.74, 6) is 1.55. The molecule has 2 fully saturated rings. The minimum absolute atomic E-state index is 0.149. The zero-order valence-electron chi connectivity index (χ0n) is 15.3. The molecule has 2 aliphatic rings. The molecule has 1 aliphatic heterocycles. The van der Waals surface area contributed by atoms with Crippen molar-refractivity contribution in [1.29, 1.82) is 0 Å². The van der Waals surface area contributed by atoms with Crippen molar-refractivity contribution in [3.63, 3.8) is 0 Å². The molecule has 1 aromatic rings. The van der Waals surface area contributed by atoms with Crippen molar-refractivity contribution in [3.8, 4) is 0 Å². The van der Waals surface area contributed by atoms with Crippen LogP contribution < -0.4 is 5.32 Å². The molecule has 3 atom stereocenters. The van der Waals surface area contributed by atoms with Crippen molar-refractivity contribution in [2.45, 2.75) is 45.4 Å². The highest BCUT2D eigenvalue weighted by molar-refractivity contribution is 9.10. The Hall–Kier alpha value is -1.01. The predicted molar refractivity (Wildman–Crippen MR) is 101 cm³/mol. The molecule has 6 heteroatoms. The first kappa shape index (κ1) is 17.8. The summed E-state index contributed by atoms with van der Waals surface area (Å²) in [5.41, 5.74) is 1.40. The Morgan fingerprint density at radius 1 is 1.54 bits per heavy atom. The van der Waals surface area contributed by atoms with Crippen LogP contribution in [0, 0.1) is 11.3 Å². The van der Waals surface area contributed by atoms with E-state index < -0.39 is 0 Å². The molecule has 0 bridgehead atoms. The second kappa shape index (κ2) is 6.71. The van der Waals surface area contributed by atoms with Crippen molar-refractivity contribution in [3.05, 3.63) is 22.4 Å². The van der Waals surface area contributed by atoms with E-state index >= 15 is 0 Å². The molecular formula is C18H29BrN4O. The van der Waals surface area contributed by atoms with Crippen LogP contribution in [0.4, 0.5) is 0 Å². The van der Waals surface area contributed by atoms with Gasteiger partial charge in [-0.25, -0.2) is 0 Å². The highest BCUT2D eigenvalue weighted by atomic mass is 79.9. The third-order valence-corrected chi connectivity index (χ3v) is 6.10. The van der Waals surface area contributed by atoms with Crippen LogP contribution in [-0.4, -0.2) is 48.3 Å². The molecule has 0 spiro atoms. The molecule has 1 saturated carbocycles. The van der Waals surface area contributed by atoms with Gasteiger partial charge in [0.1, 0.15) is 0 Å². The van der Waals surface area contributed by atoms with E-state index in [2.05, 4.69) is 75.9 Å². The lowest BCUT2D eigenvalue weighted by molar-refractivity contribution is -0.188. The highest BCUT2D eigenvalue weighted by Crippen LogP contribution is 2.51. The molecule has 1 N–H and O–H groups in total. The number of hydrogen-bond donors (Lipinski definition) is 1. The third kappa shape index (κ3) is 3.10. The molecule has 3 rings (SSSR count). The molecular weight excluding hydrogens is 368 g/mol. The summed E-state index contributed by atoms with van der Waals surface area (Å²) in [5, 5.41) is 3.71. The van der Waals surface area contributed by atoms with E-state index in [0.717, 1.165) is 23.6 Å². The topological polar surface area (TPSA) is 41.8 Å². The first-order valence-corrected chi connectivity index (χ1v) is 9.50. The first-order chi connectivity index (χ1) is 11.3. The normalized spacial score (nSPS) is 28.9. The number of aliphatic imine (C=N–C) groups is 1. The van der Waals surface area contributed by atoms with E-state index in [4.69, 9.17) is 4.74 Å². The Morgan fingerprint density at radius 3 is 2.92 bits per heavy atom. The van der Waals surface area contributed by atoms with Gasteiger partial charge in [-0.05, 0) is 34.8 Å². The molecule has 0 aromatic carbocycles. The average Bonchev–Trinajstić information content (AvgIpc) is 2.85. The molecule has 3 unspecified atom stereocenters. The Labute approximate surface area is 153 Å². The Bertz CT molecular complexity index is 625. The number of aromatic nitrogens is 1. The van der Waals surface area contributed by atoms with Crippen molar-refractivity contribution in [1.82, 2.24) is 14.8 Å². The Kier molecular flexibility index (Phi) is 4.98. The monoisotopic (exact) mass is 396 g/mol. The summed E-state index contributed by atoms with van der Waals surface area (Å²) >= 11 is 3.54. The summed E-state index contributed by atoms with van der Waals surface area (Å²) in [4.78, 5) is 6.70. The van der Waals surface area contributed by atoms with E-state index in [0.29, 0.717) is 18.1 Å². The fraction of sp³-hybridized carbons (Fsp3) is 0.722. The van der Waals surface area contributed by atoms with Gasteiger partial charge in [0, 0.05) is 61.5 Å². The van der Waals surface area contributed by atoms with Crippen molar-refractivity contribution in [2.24, 2.45) is 23.4 Å². The largest absolute Gasteiger partial charge is 0.377 e. The van der Waals surface area contributed by atoms with Gasteiger partial charge in [-0.15, -0.1) is 0 Å². The van der Waals surface area contributed by atoms with Crippen LogP contribution in [0.1, 0.15) is 32.4 Å². The molecule has 24 heavy (non-hydrogen) atoms. The second-order valence-electron chi connectivity index (χ2n) is 7.70. The van der Waals surface area contributed by atoms with Crippen LogP contribution in [0.25, 0.3) is 0 Å². The number of rotatable bonds is 3. The summed E-state index contributed by atoms with van der Waals surface area (Å²) in [6.45, 7) is 6.34. The SMILES string of the molecule is CN=C(NC1C2CCCOC2C1(C)C)N(C)Cc1cc(Br)cn1C. The van der Waals surface area contributed by atoms with Crippen molar-refractivity contribution < 1.29 is 4.74 Å². The van der Waals surface area contributed by atoms with Gasteiger partial charge in [0.25, 0.3) is 0 Å². The maximum Gasteiger partial charge on any atom is 0.193 e. The molecule has 1 aliphatic carbocycles. The molecule has 1 aromatic heterocycles. The van der Waals surface area contributed by atoms with Crippen LogP contribution >= 0.6 is 15.9 Å². The molecule has 1 saturated heterocycles.